The third-order valence-corrected chi connectivity index (χ3v) is 3.32. The molecule has 0 amide bonds. The maximum atomic E-state index is 11.7. The van der Waals surface area contributed by atoms with Crippen molar-refractivity contribution in [2.75, 3.05) is 0 Å². The highest BCUT2D eigenvalue weighted by molar-refractivity contribution is 5.79. The smallest absolute Gasteiger partial charge is 0.136 e. The molecular formula is C15H20O3. The minimum atomic E-state index is -0.0155. The Hall–Kier alpha value is -1.35. The Bertz CT molecular complexity index is 426. The highest BCUT2D eigenvalue weighted by Crippen LogP contribution is 2.31. The number of hydrogen-bond acceptors (Lipinski definition) is 3. The molecule has 0 bridgehead atoms. The number of ether oxygens (including phenoxy) is 1. The molecule has 18 heavy (non-hydrogen) atoms. The van der Waals surface area contributed by atoms with Crippen molar-refractivity contribution in [3.8, 4) is 5.75 Å². The number of aliphatic hydroxyl groups excluding tert-OH is 1. The van der Waals surface area contributed by atoms with Crippen LogP contribution in [0.15, 0.2) is 18.2 Å². The predicted octanol–water partition coefficient (Wildman–Crippen LogP) is 2.63. The first kappa shape index (κ1) is 13.1. The molecule has 0 aliphatic carbocycles. The number of aliphatic hydroxyl groups is 1. The molecule has 0 saturated carbocycles. The van der Waals surface area contributed by atoms with Gasteiger partial charge in [0.1, 0.15) is 17.6 Å². The average Bonchev–Trinajstić information content (AvgIpc) is 2.77. The average molecular weight is 248 g/mol. The number of fused-ring (bicyclic) bond motifs is 1. The Morgan fingerprint density at radius 1 is 1.50 bits per heavy atom. The van der Waals surface area contributed by atoms with Gasteiger partial charge in [0.05, 0.1) is 6.61 Å². The quantitative estimate of drug-likeness (QED) is 0.841. The highest BCUT2D eigenvalue weighted by Gasteiger charge is 2.24. The van der Waals surface area contributed by atoms with Crippen molar-refractivity contribution in [2.45, 2.75) is 51.7 Å². The summed E-state index contributed by atoms with van der Waals surface area (Å²) in [4.78, 5) is 11.7. The van der Waals surface area contributed by atoms with Crippen LogP contribution in [0.2, 0.25) is 0 Å². The van der Waals surface area contributed by atoms with Gasteiger partial charge in [-0.2, -0.15) is 0 Å². The molecule has 1 N–H and O–H groups in total. The van der Waals surface area contributed by atoms with Crippen molar-refractivity contribution < 1.29 is 14.6 Å². The fourth-order valence-corrected chi connectivity index (χ4v) is 2.29. The monoisotopic (exact) mass is 248 g/mol. The maximum absolute atomic E-state index is 11.7. The van der Waals surface area contributed by atoms with Gasteiger partial charge in [0, 0.05) is 19.3 Å². The van der Waals surface area contributed by atoms with E-state index in [1.54, 1.807) is 0 Å². The zero-order chi connectivity index (χ0) is 13.0. The van der Waals surface area contributed by atoms with Crippen molar-refractivity contribution in [3.63, 3.8) is 0 Å². The lowest BCUT2D eigenvalue weighted by molar-refractivity contribution is -0.120. The number of benzene rings is 1. The lowest BCUT2D eigenvalue weighted by Gasteiger charge is -2.09. The molecule has 0 fully saturated rings. The van der Waals surface area contributed by atoms with E-state index in [-0.39, 0.29) is 18.5 Å². The third-order valence-electron chi connectivity index (χ3n) is 3.32. The Balaban J connectivity index is 1.91. The summed E-state index contributed by atoms with van der Waals surface area (Å²) < 4.78 is 5.77. The van der Waals surface area contributed by atoms with Gasteiger partial charge in [0.15, 0.2) is 0 Å². The number of ketones is 1. The van der Waals surface area contributed by atoms with Gasteiger partial charge in [-0.05, 0) is 23.6 Å². The van der Waals surface area contributed by atoms with Gasteiger partial charge in [-0.15, -0.1) is 0 Å². The first-order valence-electron chi connectivity index (χ1n) is 6.64. The molecule has 1 aliphatic rings. The van der Waals surface area contributed by atoms with E-state index in [4.69, 9.17) is 9.84 Å². The third kappa shape index (κ3) is 3.10. The van der Waals surface area contributed by atoms with Crippen LogP contribution in [0.25, 0.3) is 0 Å². The Morgan fingerprint density at radius 2 is 2.33 bits per heavy atom. The Kier molecular flexibility index (Phi) is 4.37. The second kappa shape index (κ2) is 6.01. The normalized spacial score (nSPS) is 17.3. The van der Waals surface area contributed by atoms with Crippen LogP contribution in [0.3, 0.4) is 0 Å². The molecule has 0 radical (unpaired) electrons. The number of rotatable bonds is 6. The molecule has 2 rings (SSSR count). The van der Waals surface area contributed by atoms with Crippen LogP contribution in [0.1, 0.15) is 43.7 Å². The molecule has 0 aromatic heterocycles. The fraction of sp³-hybridized carbons (Fsp3) is 0.533. The zero-order valence-corrected chi connectivity index (χ0v) is 10.8. The molecule has 1 atom stereocenters. The molecule has 1 heterocycles. The molecule has 1 unspecified atom stereocenters. The van der Waals surface area contributed by atoms with Gasteiger partial charge in [-0.1, -0.05) is 25.5 Å². The van der Waals surface area contributed by atoms with Gasteiger partial charge in [-0.3, -0.25) is 4.79 Å². The van der Waals surface area contributed by atoms with Crippen LogP contribution in [0, 0.1) is 0 Å². The van der Waals surface area contributed by atoms with E-state index in [9.17, 15) is 4.79 Å². The summed E-state index contributed by atoms with van der Waals surface area (Å²) >= 11 is 0. The largest absolute Gasteiger partial charge is 0.489 e. The van der Waals surface area contributed by atoms with Gasteiger partial charge in [0.2, 0.25) is 0 Å². The summed E-state index contributed by atoms with van der Waals surface area (Å²) in [7, 11) is 0. The molecule has 0 spiro atoms. The fourth-order valence-electron chi connectivity index (χ4n) is 2.29. The lowest BCUT2D eigenvalue weighted by atomic mass is 10.0. The number of carbonyl (C=O) groups is 1. The molecule has 98 valence electrons. The SMILES string of the molecule is CCCCC(=O)CC1Cc2ccc(CO)cc2O1. The van der Waals surface area contributed by atoms with Gasteiger partial charge < -0.3 is 9.84 Å². The van der Waals surface area contributed by atoms with Crippen LogP contribution >= 0.6 is 0 Å². The first-order valence-corrected chi connectivity index (χ1v) is 6.64. The number of hydrogen-bond donors (Lipinski definition) is 1. The number of unbranched alkanes of at least 4 members (excludes halogenated alkanes) is 1. The van der Waals surface area contributed by atoms with Gasteiger partial charge >= 0.3 is 0 Å². The van der Waals surface area contributed by atoms with E-state index < -0.39 is 0 Å². The topological polar surface area (TPSA) is 46.5 Å². The second-order valence-electron chi connectivity index (χ2n) is 4.89. The molecule has 1 aliphatic heterocycles. The molecule has 3 heteroatoms. The molecule has 0 saturated heterocycles. The molecular weight excluding hydrogens is 228 g/mol. The molecule has 1 aromatic rings. The van der Waals surface area contributed by atoms with E-state index in [0.717, 1.165) is 36.1 Å². The van der Waals surface area contributed by atoms with Crippen LogP contribution in [0.4, 0.5) is 0 Å². The van der Waals surface area contributed by atoms with E-state index >= 15 is 0 Å². The number of Topliss-reactive ketones (excluding diaryl/α,β-unsaturated/α-hetero) is 1. The summed E-state index contributed by atoms with van der Waals surface area (Å²) in [5.74, 6) is 1.12. The van der Waals surface area contributed by atoms with E-state index in [1.807, 2.05) is 18.2 Å². The Morgan fingerprint density at radius 3 is 3.06 bits per heavy atom. The summed E-state index contributed by atoms with van der Waals surface area (Å²) in [6.45, 7) is 2.11. The summed E-state index contributed by atoms with van der Waals surface area (Å²) in [6.07, 6.45) is 3.97. The minimum Gasteiger partial charge on any atom is -0.489 e. The maximum Gasteiger partial charge on any atom is 0.136 e. The second-order valence-corrected chi connectivity index (χ2v) is 4.89. The molecule has 1 aromatic carbocycles. The predicted molar refractivity (Wildman–Crippen MR) is 69.6 cm³/mol. The van der Waals surface area contributed by atoms with Crippen molar-refractivity contribution in [1.29, 1.82) is 0 Å². The summed E-state index contributed by atoms with van der Waals surface area (Å²) in [5, 5.41) is 9.07. The van der Waals surface area contributed by atoms with Crippen molar-refractivity contribution in [3.05, 3.63) is 29.3 Å². The summed E-state index contributed by atoms with van der Waals surface area (Å²) in [6, 6.07) is 5.76. The van der Waals surface area contributed by atoms with E-state index in [0.29, 0.717) is 12.8 Å². The first-order chi connectivity index (χ1) is 8.72. The zero-order valence-electron chi connectivity index (χ0n) is 10.8. The van der Waals surface area contributed by atoms with Crippen molar-refractivity contribution >= 4 is 5.78 Å². The minimum absolute atomic E-state index is 0.0155. The van der Waals surface area contributed by atoms with E-state index in [1.165, 1.54) is 0 Å². The van der Waals surface area contributed by atoms with Gasteiger partial charge in [-0.25, -0.2) is 0 Å². The highest BCUT2D eigenvalue weighted by atomic mass is 16.5. The summed E-state index contributed by atoms with van der Waals surface area (Å²) in [5.41, 5.74) is 1.99. The number of carbonyl (C=O) groups excluding carboxylic acids is 1. The molecule has 3 nitrogen and oxygen atoms in total. The Labute approximate surface area is 108 Å². The van der Waals surface area contributed by atoms with Gasteiger partial charge in [0.25, 0.3) is 0 Å². The lowest BCUT2D eigenvalue weighted by Crippen LogP contribution is -2.18. The standard InChI is InChI=1S/C15H20O3/c1-2-3-4-13(17)9-14-8-12-6-5-11(10-16)7-15(12)18-14/h5-7,14,16H,2-4,8-10H2,1H3. The van der Waals surface area contributed by atoms with Crippen LogP contribution < -0.4 is 4.74 Å². The van der Waals surface area contributed by atoms with Crippen LogP contribution in [-0.4, -0.2) is 17.0 Å². The van der Waals surface area contributed by atoms with E-state index in [2.05, 4.69) is 6.92 Å². The van der Waals surface area contributed by atoms with Crippen LogP contribution in [-0.2, 0) is 17.8 Å². The van der Waals surface area contributed by atoms with Crippen molar-refractivity contribution in [1.82, 2.24) is 0 Å². The van der Waals surface area contributed by atoms with Crippen molar-refractivity contribution in [2.24, 2.45) is 0 Å². The van der Waals surface area contributed by atoms with Crippen LogP contribution in [0.5, 0.6) is 5.75 Å².